The molecule has 4 heteroatoms. The van der Waals surface area contributed by atoms with Crippen LogP contribution in [0.25, 0.3) is 10.2 Å². The maximum Gasteiger partial charge on any atom is 0.352 e. The zero-order valence-electron chi connectivity index (χ0n) is 8.07. The molecule has 0 saturated heterocycles. The molecule has 14 heavy (non-hydrogen) atoms. The van der Waals surface area contributed by atoms with Gasteiger partial charge in [-0.15, -0.1) is 11.3 Å². The van der Waals surface area contributed by atoms with Crippen molar-refractivity contribution in [3.63, 3.8) is 0 Å². The van der Waals surface area contributed by atoms with Gasteiger partial charge < -0.3 is 9.67 Å². The van der Waals surface area contributed by atoms with Crippen LogP contribution in [0.1, 0.15) is 22.3 Å². The summed E-state index contributed by atoms with van der Waals surface area (Å²) in [5, 5.41) is 8.90. The Morgan fingerprint density at radius 1 is 1.57 bits per heavy atom. The zero-order chi connectivity index (χ0) is 10.3. The molecule has 0 unspecified atom stereocenters. The molecular formula is C10H11NO2S. The lowest BCUT2D eigenvalue weighted by Crippen LogP contribution is -2.03. The Morgan fingerprint density at radius 3 is 2.79 bits per heavy atom. The number of aromatic carboxylic acids is 1. The minimum absolute atomic E-state index is 0.355. The number of carboxylic acids is 1. The molecule has 74 valence electrons. The summed E-state index contributed by atoms with van der Waals surface area (Å²) < 4.78 is 2.79. The van der Waals surface area contributed by atoms with Gasteiger partial charge in [-0.3, -0.25) is 0 Å². The van der Waals surface area contributed by atoms with Crippen LogP contribution in [0.15, 0.2) is 12.1 Å². The minimum Gasteiger partial charge on any atom is -0.477 e. The average Bonchev–Trinajstić information content (AvgIpc) is 2.65. The molecule has 2 heterocycles. The number of fused-ring (bicyclic) bond motifs is 1. The smallest absolute Gasteiger partial charge is 0.352 e. The van der Waals surface area contributed by atoms with Gasteiger partial charge in [0.1, 0.15) is 5.69 Å². The average molecular weight is 209 g/mol. The summed E-state index contributed by atoms with van der Waals surface area (Å²) in [5.41, 5.74) is 1.37. The van der Waals surface area contributed by atoms with E-state index in [0.29, 0.717) is 5.69 Å². The molecule has 0 aliphatic rings. The number of thiophene rings is 1. The van der Waals surface area contributed by atoms with Crippen molar-refractivity contribution in [3.05, 3.63) is 22.7 Å². The van der Waals surface area contributed by atoms with Crippen molar-refractivity contribution >= 4 is 27.5 Å². The Morgan fingerprint density at radius 2 is 2.29 bits per heavy atom. The summed E-state index contributed by atoms with van der Waals surface area (Å²) in [4.78, 5) is 12.1. The summed E-state index contributed by atoms with van der Waals surface area (Å²) in [6.07, 6.45) is 1.00. The largest absolute Gasteiger partial charge is 0.477 e. The molecular weight excluding hydrogens is 198 g/mol. The SMILES string of the molecule is CCc1cc2c(cc(C(=O)O)n2C)s1. The van der Waals surface area contributed by atoms with Crippen molar-refractivity contribution in [2.75, 3.05) is 0 Å². The molecule has 2 aromatic heterocycles. The number of hydrogen-bond acceptors (Lipinski definition) is 2. The number of carboxylic acid groups (broad SMARTS) is 1. The first-order chi connectivity index (χ1) is 6.63. The highest BCUT2D eigenvalue weighted by Crippen LogP contribution is 2.28. The fourth-order valence-corrected chi connectivity index (χ4v) is 2.61. The highest BCUT2D eigenvalue weighted by molar-refractivity contribution is 7.19. The summed E-state index contributed by atoms with van der Waals surface area (Å²) >= 11 is 1.67. The molecule has 2 aromatic rings. The zero-order valence-corrected chi connectivity index (χ0v) is 8.89. The van der Waals surface area contributed by atoms with Crippen LogP contribution >= 0.6 is 11.3 Å². The van der Waals surface area contributed by atoms with Gasteiger partial charge in [0, 0.05) is 11.9 Å². The second-order valence-corrected chi connectivity index (χ2v) is 4.38. The fourth-order valence-electron chi connectivity index (χ4n) is 1.54. The second kappa shape index (κ2) is 3.13. The predicted octanol–water partition coefficient (Wildman–Crippen LogP) is 2.50. The number of hydrogen-bond donors (Lipinski definition) is 1. The molecule has 3 nitrogen and oxygen atoms in total. The summed E-state index contributed by atoms with van der Waals surface area (Å²) in [5.74, 6) is -0.867. The molecule has 0 spiro atoms. The molecule has 1 N–H and O–H groups in total. The molecule has 0 amide bonds. The summed E-state index contributed by atoms with van der Waals surface area (Å²) in [6, 6.07) is 3.80. The monoisotopic (exact) mass is 209 g/mol. The highest BCUT2D eigenvalue weighted by Gasteiger charge is 2.13. The van der Waals surface area contributed by atoms with Crippen LogP contribution in [-0.4, -0.2) is 15.6 Å². The standard InChI is InChI=1S/C10H11NO2S/c1-3-6-4-7-9(14-6)5-8(10(12)13)11(7)2/h4-5H,3H2,1-2H3,(H,12,13). The Kier molecular flexibility index (Phi) is 2.07. The molecule has 0 aliphatic carbocycles. The Labute approximate surface area is 85.6 Å². The van der Waals surface area contributed by atoms with E-state index in [1.165, 1.54) is 4.88 Å². The molecule has 2 rings (SSSR count). The van der Waals surface area contributed by atoms with Gasteiger partial charge in [-0.1, -0.05) is 6.92 Å². The first-order valence-electron chi connectivity index (χ1n) is 4.45. The molecule has 0 bridgehead atoms. The van der Waals surface area contributed by atoms with Gasteiger partial charge in [0.15, 0.2) is 0 Å². The maximum absolute atomic E-state index is 10.8. The van der Waals surface area contributed by atoms with Gasteiger partial charge in [0.05, 0.1) is 10.2 Å². The quantitative estimate of drug-likeness (QED) is 0.825. The van der Waals surface area contributed by atoms with E-state index >= 15 is 0 Å². The Bertz CT molecular complexity index is 495. The highest BCUT2D eigenvalue weighted by atomic mass is 32.1. The van der Waals surface area contributed by atoms with Crippen LogP contribution in [0.4, 0.5) is 0 Å². The van der Waals surface area contributed by atoms with Crippen LogP contribution in [-0.2, 0) is 13.5 Å². The van der Waals surface area contributed by atoms with Gasteiger partial charge in [0.2, 0.25) is 0 Å². The van der Waals surface area contributed by atoms with Crippen LogP contribution in [0, 0.1) is 0 Å². The number of aromatic nitrogens is 1. The molecule has 0 fully saturated rings. The van der Waals surface area contributed by atoms with E-state index in [0.717, 1.165) is 16.6 Å². The van der Waals surface area contributed by atoms with Gasteiger partial charge in [-0.25, -0.2) is 4.79 Å². The lowest BCUT2D eigenvalue weighted by atomic mass is 10.3. The topological polar surface area (TPSA) is 42.2 Å². The number of rotatable bonds is 2. The summed E-state index contributed by atoms with van der Waals surface area (Å²) in [6.45, 7) is 2.10. The normalized spacial score (nSPS) is 11.0. The first-order valence-corrected chi connectivity index (χ1v) is 5.26. The molecule has 0 radical (unpaired) electrons. The van der Waals surface area contributed by atoms with Gasteiger partial charge >= 0.3 is 5.97 Å². The van der Waals surface area contributed by atoms with Crippen LogP contribution < -0.4 is 0 Å². The minimum atomic E-state index is -0.867. The van der Waals surface area contributed by atoms with Crippen LogP contribution in [0.5, 0.6) is 0 Å². The Balaban J connectivity index is 2.66. The number of carbonyl (C=O) groups is 1. The van der Waals surface area contributed by atoms with E-state index in [1.54, 1.807) is 29.0 Å². The number of nitrogens with zero attached hydrogens (tertiary/aromatic N) is 1. The van der Waals surface area contributed by atoms with Crippen LogP contribution in [0.2, 0.25) is 0 Å². The maximum atomic E-state index is 10.8. The number of aryl methyl sites for hydroxylation is 2. The first kappa shape index (κ1) is 9.27. The van der Waals surface area contributed by atoms with E-state index in [4.69, 9.17) is 5.11 Å². The van der Waals surface area contributed by atoms with Gasteiger partial charge in [-0.05, 0) is 18.6 Å². The van der Waals surface area contributed by atoms with Gasteiger partial charge in [-0.2, -0.15) is 0 Å². The lowest BCUT2D eigenvalue weighted by Gasteiger charge is -1.96. The van der Waals surface area contributed by atoms with E-state index in [9.17, 15) is 4.79 Å². The van der Waals surface area contributed by atoms with Crippen molar-refractivity contribution in [1.29, 1.82) is 0 Å². The van der Waals surface area contributed by atoms with Crippen molar-refractivity contribution in [3.8, 4) is 0 Å². The third kappa shape index (κ3) is 1.23. The van der Waals surface area contributed by atoms with Crippen molar-refractivity contribution < 1.29 is 9.90 Å². The molecule has 0 aliphatic heterocycles. The van der Waals surface area contributed by atoms with Gasteiger partial charge in [0.25, 0.3) is 0 Å². The second-order valence-electron chi connectivity index (χ2n) is 3.21. The van der Waals surface area contributed by atoms with Crippen LogP contribution in [0.3, 0.4) is 0 Å². The molecule has 0 saturated carbocycles. The lowest BCUT2D eigenvalue weighted by molar-refractivity contribution is 0.0687. The third-order valence-corrected chi connectivity index (χ3v) is 3.56. The fraction of sp³-hybridized carbons (Fsp3) is 0.300. The van der Waals surface area contributed by atoms with E-state index in [1.807, 2.05) is 0 Å². The van der Waals surface area contributed by atoms with Crippen molar-refractivity contribution in [2.45, 2.75) is 13.3 Å². The van der Waals surface area contributed by atoms with Crippen molar-refractivity contribution in [2.24, 2.45) is 7.05 Å². The summed E-state index contributed by atoms with van der Waals surface area (Å²) in [7, 11) is 1.79. The molecule has 0 aromatic carbocycles. The molecule has 0 atom stereocenters. The predicted molar refractivity (Wildman–Crippen MR) is 57.1 cm³/mol. The van der Waals surface area contributed by atoms with E-state index < -0.39 is 5.97 Å². The van der Waals surface area contributed by atoms with Crippen molar-refractivity contribution in [1.82, 2.24) is 4.57 Å². The van der Waals surface area contributed by atoms with E-state index in [2.05, 4.69) is 13.0 Å². The Hall–Kier alpha value is -1.29. The third-order valence-electron chi connectivity index (χ3n) is 2.35. The van der Waals surface area contributed by atoms with E-state index in [-0.39, 0.29) is 0 Å².